The van der Waals surface area contributed by atoms with Gasteiger partial charge in [-0.25, -0.2) is 4.79 Å². The van der Waals surface area contributed by atoms with Gasteiger partial charge in [0.15, 0.2) is 0 Å². The van der Waals surface area contributed by atoms with Crippen molar-refractivity contribution in [1.82, 2.24) is 9.80 Å². The minimum Gasteiger partial charge on any atom is -0.491 e. The van der Waals surface area contributed by atoms with Crippen molar-refractivity contribution in [2.75, 3.05) is 30.8 Å². The van der Waals surface area contributed by atoms with Crippen molar-refractivity contribution in [2.24, 2.45) is 0 Å². The number of ether oxygens (including phenoxy) is 1. The van der Waals surface area contributed by atoms with Gasteiger partial charge in [-0.1, -0.05) is 39.0 Å². The normalized spacial score (nSPS) is 15.1. The number of likely N-dealkylation sites (N-methyl/N-ethyl adjacent to an activating group) is 1. The third-order valence-corrected chi connectivity index (χ3v) is 8.89. The molecule has 1 saturated heterocycles. The van der Waals surface area contributed by atoms with Crippen molar-refractivity contribution >= 4 is 39.9 Å². The van der Waals surface area contributed by atoms with E-state index in [9.17, 15) is 14.4 Å². The van der Waals surface area contributed by atoms with E-state index in [0.717, 1.165) is 27.3 Å². The van der Waals surface area contributed by atoms with Crippen molar-refractivity contribution in [3.63, 3.8) is 0 Å². The highest BCUT2D eigenvalue weighted by molar-refractivity contribution is 7.16. The maximum atomic E-state index is 13.9. The zero-order valence-electron chi connectivity index (χ0n) is 26.0. The number of aryl methyl sites for hydroxylation is 1. The lowest BCUT2D eigenvalue weighted by Crippen LogP contribution is -2.63. The fourth-order valence-corrected chi connectivity index (χ4v) is 6.09. The van der Waals surface area contributed by atoms with E-state index in [1.165, 1.54) is 11.3 Å². The molecule has 0 spiro atoms. The first-order valence-corrected chi connectivity index (χ1v) is 15.1. The summed E-state index contributed by atoms with van der Waals surface area (Å²) in [5.41, 5.74) is 2.87. The van der Waals surface area contributed by atoms with Crippen LogP contribution in [0.25, 0.3) is 11.1 Å². The molecule has 1 aromatic heterocycles. The summed E-state index contributed by atoms with van der Waals surface area (Å²) in [5, 5.41) is 6.32. The molecule has 0 aliphatic carbocycles. The fourth-order valence-electron chi connectivity index (χ4n) is 4.99. The van der Waals surface area contributed by atoms with Crippen molar-refractivity contribution in [1.29, 1.82) is 0 Å². The van der Waals surface area contributed by atoms with Crippen LogP contribution in [0.4, 0.5) is 15.5 Å². The van der Waals surface area contributed by atoms with E-state index in [4.69, 9.17) is 4.74 Å². The maximum absolute atomic E-state index is 13.9. The highest BCUT2D eigenvalue weighted by Gasteiger charge is 2.44. The standard InChI is InChI=1S/C33H42N4O4S/c1-20(2)41-24-14-11-22(12-15-24)25-18-23(13-10-21(25)3)34-31(40)35-28-26(19-27(42-28)32(4,5)6)29(38)37-17-16-36(9)30(39)33(37,7)8/h10-15,18-20H,16-17H2,1-9H3,(H2,34,35,40). The molecule has 42 heavy (non-hydrogen) atoms. The summed E-state index contributed by atoms with van der Waals surface area (Å²) >= 11 is 1.38. The van der Waals surface area contributed by atoms with Crippen molar-refractivity contribution < 1.29 is 19.1 Å². The molecule has 0 saturated carbocycles. The monoisotopic (exact) mass is 590 g/mol. The Kier molecular flexibility index (Phi) is 8.73. The van der Waals surface area contributed by atoms with Gasteiger partial charge in [0.2, 0.25) is 5.91 Å². The number of amides is 4. The van der Waals surface area contributed by atoms with Gasteiger partial charge in [-0.05, 0) is 87.1 Å². The van der Waals surface area contributed by atoms with Gasteiger partial charge in [-0.2, -0.15) is 0 Å². The molecule has 4 rings (SSSR count). The molecule has 224 valence electrons. The Bertz CT molecular complexity index is 1480. The predicted molar refractivity (Wildman–Crippen MR) is 171 cm³/mol. The van der Waals surface area contributed by atoms with E-state index < -0.39 is 11.6 Å². The predicted octanol–water partition coefficient (Wildman–Crippen LogP) is 7.15. The number of hydrogen-bond donors (Lipinski definition) is 2. The number of nitrogens with one attached hydrogen (secondary N) is 2. The third-order valence-electron chi connectivity index (χ3n) is 7.41. The molecule has 0 atom stereocenters. The lowest BCUT2D eigenvalue weighted by atomic mass is 9.93. The highest BCUT2D eigenvalue weighted by atomic mass is 32.1. The summed E-state index contributed by atoms with van der Waals surface area (Å²) in [7, 11) is 1.75. The summed E-state index contributed by atoms with van der Waals surface area (Å²) in [4.78, 5) is 44.2. The quantitative estimate of drug-likeness (QED) is 0.319. The second kappa shape index (κ2) is 11.8. The first kappa shape index (κ1) is 31.1. The summed E-state index contributed by atoms with van der Waals surface area (Å²) in [6.07, 6.45) is 0.0952. The molecule has 0 bridgehead atoms. The molecule has 0 radical (unpaired) electrons. The van der Waals surface area contributed by atoms with Gasteiger partial charge in [0.05, 0.1) is 11.7 Å². The number of thiophene rings is 1. The van der Waals surface area contributed by atoms with E-state index in [1.807, 2.05) is 69.3 Å². The van der Waals surface area contributed by atoms with Crippen LogP contribution in [-0.2, 0) is 10.2 Å². The number of hydrogen-bond acceptors (Lipinski definition) is 5. The van der Waals surface area contributed by atoms with Gasteiger partial charge in [-0.3, -0.25) is 14.9 Å². The Morgan fingerprint density at radius 3 is 2.29 bits per heavy atom. The number of nitrogens with zero attached hydrogens (tertiary/aromatic N) is 2. The first-order chi connectivity index (χ1) is 19.6. The Morgan fingerprint density at radius 2 is 1.67 bits per heavy atom. The summed E-state index contributed by atoms with van der Waals surface area (Å²) in [6, 6.07) is 15.1. The number of piperazine rings is 1. The van der Waals surface area contributed by atoms with Crippen LogP contribution in [0.15, 0.2) is 48.5 Å². The number of benzene rings is 2. The van der Waals surface area contributed by atoms with Crippen molar-refractivity contribution in [3.8, 4) is 16.9 Å². The van der Waals surface area contributed by atoms with Crippen LogP contribution in [-0.4, -0.2) is 59.4 Å². The van der Waals surface area contributed by atoms with E-state index in [1.54, 1.807) is 30.7 Å². The highest BCUT2D eigenvalue weighted by Crippen LogP contribution is 2.38. The van der Waals surface area contributed by atoms with Gasteiger partial charge < -0.3 is 19.9 Å². The molecular weight excluding hydrogens is 548 g/mol. The van der Waals surface area contributed by atoms with E-state index >= 15 is 0 Å². The molecule has 8 nitrogen and oxygen atoms in total. The fraction of sp³-hybridized carbons (Fsp3) is 0.424. The summed E-state index contributed by atoms with van der Waals surface area (Å²) in [6.45, 7) is 16.6. The van der Waals surface area contributed by atoms with Crippen LogP contribution < -0.4 is 15.4 Å². The molecule has 4 amide bonds. The molecular formula is C33H42N4O4S. The van der Waals surface area contributed by atoms with Crippen LogP contribution >= 0.6 is 11.3 Å². The molecule has 1 aliphatic heterocycles. The molecule has 2 aromatic carbocycles. The van der Waals surface area contributed by atoms with Crippen LogP contribution in [0.3, 0.4) is 0 Å². The minimum absolute atomic E-state index is 0.0952. The average molecular weight is 591 g/mol. The molecule has 9 heteroatoms. The second-order valence-electron chi connectivity index (χ2n) is 12.6. The summed E-state index contributed by atoms with van der Waals surface area (Å²) < 4.78 is 5.77. The molecule has 2 heterocycles. The van der Waals surface area contributed by atoms with Gasteiger partial charge in [0.1, 0.15) is 16.3 Å². The lowest BCUT2D eigenvalue weighted by molar-refractivity contribution is -0.144. The van der Waals surface area contributed by atoms with Crippen LogP contribution in [0.5, 0.6) is 5.75 Å². The number of carbonyl (C=O) groups excluding carboxylic acids is 3. The number of rotatable bonds is 6. The first-order valence-electron chi connectivity index (χ1n) is 14.3. The average Bonchev–Trinajstić information content (AvgIpc) is 3.33. The summed E-state index contributed by atoms with van der Waals surface area (Å²) in [5.74, 6) is 0.421. The van der Waals surface area contributed by atoms with E-state index in [-0.39, 0.29) is 23.3 Å². The maximum Gasteiger partial charge on any atom is 0.324 e. The molecule has 2 N–H and O–H groups in total. The number of urea groups is 1. The zero-order valence-corrected chi connectivity index (χ0v) is 26.9. The van der Waals surface area contributed by atoms with Crippen LogP contribution in [0.2, 0.25) is 0 Å². The Balaban J connectivity index is 1.58. The second-order valence-corrected chi connectivity index (χ2v) is 13.7. The topological polar surface area (TPSA) is 91.0 Å². The van der Waals surface area contributed by atoms with Crippen molar-refractivity contribution in [2.45, 2.75) is 72.4 Å². The van der Waals surface area contributed by atoms with E-state index in [2.05, 4.69) is 31.4 Å². The van der Waals surface area contributed by atoms with Crippen molar-refractivity contribution in [3.05, 3.63) is 64.5 Å². The van der Waals surface area contributed by atoms with Gasteiger partial charge in [-0.15, -0.1) is 11.3 Å². The minimum atomic E-state index is -0.995. The smallest absolute Gasteiger partial charge is 0.324 e. The number of anilines is 2. The molecule has 1 aliphatic rings. The Labute approximate surface area is 253 Å². The SMILES string of the molecule is Cc1ccc(NC(=O)Nc2sc(C(C)(C)C)cc2C(=O)N2CCN(C)C(=O)C2(C)C)cc1-c1ccc(OC(C)C)cc1. The molecule has 0 unspecified atom stereocenters. The van der Waals surface area contributed by atoms with Gasteiger partial charge >= 0.3 is 6.03 Å². The Hall–Kier alpha value is -3.85. The third kappa shape index (κ3) is 6.62. The van der Waals surface area contributed by atoms with Gasteiger partial charge in [0.25, 0.3) is 5.91 Å². The molecule has 1 fully saturated rings. The molecule has 3 aromatic rings. The Morgan fingerprint density at radius 1 is 1.00 bits per heavy atom. The van der Waals surface area contributed by atoms with E-state index in [0.29, 0.717) is 29.3 Å². The largest absolute Gasteiger partial charge is 0.491 e. The van der Waals surface area contributed by atoms with Crippen LogP contribution in [0, 0.1) is 6.92 Å². The van der Waals surface area contributed by atoms with Gasteiger partial charge in [0, 0.05) is 30.7 Å². The lowest BCUT2D eigenvalue weighted by Gasteiger charge is -2.44. The van der Waals surface area contributed by atoms with Crippen LogP contribution in [0.1, 0.15) is 69.3 Å². The zero-order chi connectivity index (χ0) is 31.0. The number of carbonyl (C=O) groups is 3.